The van der Waals surface area contributed by atoms with Gasteiger partial charge in [0, 0.05) is 54.1 Å². The molecule has 13 rings (SSSR count). The van der Waals surface area contributed by atoms with Crippen LogP contribution in [0.3, 0.4) is 0 Å². The Morgan fingerprint density at radius 1 is 0.453 bits per heavy atom. The molecule has 0 aliphatic carbocycles. The van der Waals surface area contributed by atoms with Crippen molar-refractivity contribution in [3.8, 4) is 51.7 Å². The molecule has 2 heterocycles. The Morgan fingerprint density at radius 3 is 1.19 bits per heavy atom. The van der Waals surface area contributed by atoms with Crippen LogP contribution in [0.25, 0.3) is 0 Å². The fraction of sp³-hybridized carbons (Fsp3) is 0.236. The number of fused-ring (bicyclic) bond motifs is 2. The first kappa shape index (κ1) is 75.1. The van der Waals surface area contributed by atoms with Crippen LogP contribution in [0.5, 0.6) is 51.7 Å². The van der Waals surface area contributed by atoms with Crippen LogP contribution in [0.2, 0.25) is 0 Å². The minimum atomic E-state index is -0.766. The highest BCUT2D eigenvalue weighted by atomic mass is 16.6. The Bertz CT molecular complexity index is 4630. The summed E-state index contributed by atoms with van der Waals surface area (Å²) < 4.78 is 61.9. The van der Waals surface area contributed by atoms with E-state index in [1.165, 1.54) is 24.3 Å². The zero-order valence-corrected chi connectivity index (χ0v) is 60.3. The lowest BCUT2D eigenvalue weighted by atomic mass is 9.93. The molecule has 0 bridgehead atoms. The van der Waals surface area contributed by atoms with Crippen molar-refractivity contribution in [3.05, 3.63) is 344 Å². The van der Waals surface area contributed by atoms with Gasteiger partial charge in [0.25, 0.3) is 5.69 Å². The largest absolute Gasteiger partial charge is 0.488 e. The Kier molecular flexibility index (Phi) is 26.5. The summed E-state index contributed by atoms with van der Waals surface area (Å²) in [5.41, 5.74) is 11.7. The molecule has 17 heteroatoms. The number of aryl methyl sites for hydroxylation is 2. The summed E-state index contributed by atoms with van der Waals surface area (Å²) in [7, 11) is 0. The van der Waals surface area contributed by atoms with Gasteiger partial charge in [-0.05, 0) is 144 Å². The van der Waals surface area contributed by atoms with E-state index in [4.69, 9.17) is 47.4 Å². The molecule has 0 fully saturated rings. The zero-order valence-electron chi connectivity index (χ0n) is 60.3. The van der Waals surface area contributed by atoms with Gasteiger partial charge in [-0.2, -0.15) is 0 Å². The number of carbonyl (C=O) groups is 2. The van der Waals surface area contributed by atoms with Crippen LogP contribution in [-0.2, 0) is 62.0 Å². The van der Waals surface area contributed by atoms with Gasteiger partial charge in [-0.25, -0.2) is 4.79 Å². The molecule has 4 atom stereocenters. The number of aliphatic hydroxyl groups excluding tert-OH is 1. The van der Waals surface area contributed by atoms with Gasteiger partial charge in [-0.15, -0.1) is 0 Å². The van der Waals surface area contributed by atoms with Crippen molar-refractivity contribution in [2.45, 2.75) is 131 Å². The second kappa shape index (κ2) is 37.4. The van der Waals surface area contributed by atoms with Gasteiger partial charge in [0.05, 0.1) is 11.0 Å². The van der Waals surface area contributed by atoms with E-state index in [-0.39, 0.29) is 23.6 Å². The van der Waals surface area contributed by atoms with E-state index in [1.807, 2.05) is 284 Å². The molecule has 0 saturated heterocycles. The molecule has 11 aromatic carbocycles. The van der Waals surface area contributed by atoms with E-state index < -0.39 is 35.4 Å². The lowest BCUT2D eigenvalue weighted by Crippen LogP contribution is -2.40. The molecule has 0 aromatic heterocycles. The van der Waals surface area contributed by atoms with Gasteiger partial charge in [0.1, 0.15) is 80.6 Å². The molecule has 11 aromatic rings. The van der Waals surface area contributed by atoms with Gasteiger partial charge in [-0.3, -0.25) is 14.9 Å². The summed E-state index contributed by atoms with van der Waals surface area (Å²) in [5, 5.41) is 24.5. The third-order valence-electron chi connectivity index (χ3n) is 17.2. The van der Waals surface area contributed by atoms with Crippen molar-refractivity contribution >= 4 is 17.7 Å². The molecule has 544 valence electrons. The van der Waals surface area contributed by atoms with Crippen LogP contribution in [0.4, 0.5) is 10.5 Å². The average Bonchev–Trinajstić information content (AvgIpc) is 0.777. The van der Waals surface area contributed by atoms with Crippen molar-refractivity contribution in [2.24, 2.45) is 5.92 Å². The highest BCUT2D eigenvalue weighted by molar-refractivity contribution is 5.72. The SMILES string of the molecule is CC(C)CC(=O)Oc1ccc([N+](=O)[O-])cc1.Cc1cc(OCc2ccccc2)c2c(c1)O[C@H](c1ccc(OCc3ccccc3)c(OCc3ccccc3)c1)[C@H](O)C2.Cc1cc(OCc2ccccc2)c2c(c1)O[C@H](c1ccc(OCc3ccccc3)c(OCc3ccccc3)c1)[C@H](OC(=O)NC(C)C)C2. The summed E-state index contributed by atoms with van der Waals surface area (Å²) >= 11 is 0. The van der Waals surface area contributed by atoms with Crippen molar-refractivity contribution in [3.63, 3.8) is 0 Å². The molecule has 0 unspecified atom stereocenters. The molecule has 0 saturated carbocycles. The Balaban J connectivity index is 0.000000177. The number of nitro groups is 1. The number of benzene rings is 11. The number of nitrogens with one attached hydrogen (secondary N) is 1. The number of rotatable bonds is 26. The first-order chi connectivity index (χ1) is 51.5. The number of ether oxygens (including phenoxy) is 10. The number of hydrogen-bond donors (Lipinski definition) is 2. The lowest BCUT2D eigenvalue weighted by molar-refractivity contribution is -0.384. The van der Waals surface area contributed by atoms with Crippen LogP contribution in [0, 0.1) is 29.9 Å². The standard InChI is InChI=1S/C41H41NO6.C37H34O5.C11H13NO4/c1-28(2)42-41(43)48-39-24-34-36(45-26-31-15-9-5-10-16-31)21-29(3)22-37(34)47-40(39)33-19-20-35(44-25-30-13-7-4-8-14-30)38(23-33)46-27-32-17-11-6-12-18-32;1-26-19-34(40-24-28-13-7-3-8-14-28)31-22-32(38)37(42-35(31)20-26)30-17-18-33(39-23-27-11-5-2-6-12-27)36(21-30)41-25-29-15-9-4-10-16-29;1-8(2)7-11(13)16-10-5-3-9(4-6-10)12(14)15/h4-23,28,39-40H,24-27H2,1-3H3,(H,42,43);2-21,32,37-38H,22-25H2,1H3;3-6,8H,7H2,1-2H3/t39-,40-;32-,37-;/m11./s1. The highest BCUT2D eigenvalue weighted by Crippen LogP contribution is 2.46. The first-order valence-electron chi connectivity index (χ1n) is 35.5. The van der Waals surface area contributed by atoms with Crippen LogP contribution < -0.4 is 47.9 Å². The minimum Gasteiger partial charge on any atom is -0.488 e. The number of aliphatic hydroxyl groups is 1. The second-order valence-corrected chi connectivity index (χ2v) is 26.7. The maximum absolute atomic E-state index is 13.0. The smallest absolute Gasteiger partial charge is 0.407 e. The van der Waals surface area contributed by atoms with E-state index >= 15 is 0 Å². The fourth-order valence-electron chi connectivity index (χ4n) is 11.9. The monoisotopic (exact) mass is 1420 g/mol. The van der Waals surface area contributed by atoms with E-state index in [2.05, 4.69) is 5.32 Å². The van der Waals surface area contributed by atoms with Gasteiger partial charge in [0.15, 0.2) is 29.1 Å². The predicted octanol–water partition coefficient (Wildman–Crippen LogP) is 19.2. The number of esters is 1. The number of nitrogens with zero attached hydrogens (tertiary/aromatic N) is 1. The van der Waals surface area contributed by atoms with E-state index in [9.17, 15) is 24.8 Å². The summed E-state index contributed by atoms with van der Waals surface area (Å²) in [4.78, 5) is 34.2. The first-order valence-corrected chi connectivity index (χ1v) is 35.5. The average molecular weight is 1430 g/mol. The lowest BCUT2D eigenvalue weighted by Gasteiger charge is -2.35. The zero-order chi connectivity index (χ0) is 74.2. The van der Waals surface area contributed by atoms with Crippen molar-refractivity contribution in [2.75, 3.05) is 0 Å². The summed E-state index contributed by atoms with van der Waals surface area (Å²) in [6.45, 7) is 14.1. The molecule has 0 spiro atoms. The summed E-state index contributed by atoms with van der Waals surface area (Å²) in [5.74, 6) is 5.52. The number of carbonyl (C=O) groups excluding carboxylic acids is 2. The topological polar surface area (TPSA) is 202 Å². The quantitative estimate of drug-likeness (QED) is 0.0224. The van der Waals surface area contributed by atoms with Crippen LogP contribution in [-0.4, -0.2) is 40.3 Å². The Labute approximate surface area is 619 Å². The van der Waals surface area contributed by atoms with Crippen molar-refractivity contribution < 1.29 is 67.0 Å². The number of nitro benzene ring substituents is 1. The van der Waals surface area contributed by atoms with E-state index in [1.54, 1.807) is 0 Å². The molecule has 2 N–H and O–H groups in total. The molecule has 0 radical (unpaired) electrons. The molecular weight excluding hydrogens is 1340 g/mol. The molecular formula is C89H88N2O15. The number of alkyl carbamates (subject to hydrolysis) is 1. The van der Waals surface area contributed by atoms with Gasteiger partial charge >= 0.3 is 12.1 Å². The maximum Gasteiger partial charge on any atom is 0.407 e. The number of hydrogen-bond acceptors (Lipinski definition) is 15. The van der Waals surface area contributed by atoms with Crippen LogP contribution >= 0.6 is 0 Å². The van der Waals surface area contributed by atoms with Gasteiger partial charge < -0.3 is 57.8 Å². The Morgan fingerprint density at radius 2 is 0.811 bits per heavy atom. The van der Waals surface area contributed by atoms with E-state index in [0.29, 0.717) is 99.2 Å². The highest BCUT2D eigenvalue weighted by Gasteiger charge is 2.38. The maximum atomic E-state index is 13.0. The predicted molar refractivity (Wildman–Crippen MR) is 407 cm³/mol. The molecule has 2 aliphatic heterocycles. The third kappa shape index (κ3) is 22.0. The van der Waals surface area contributed by atoms with Crippen molar-refractivity contribution in [1.29, 1.82) is 0 Å². The van der Waals surface area contributed by atoms with Crippen molar-refractivity contribution in [1.82, 2.24) is 5.32 Å². The Hall–Kier alpha value is -12.1. The van der Waals surface area contributed by atoms with Gasteiger partial charge in [-0.1, -0.05) is 208 Å². The van der Waals surface area contributed by atoms with Gasteiger partial charge in [0.2, 0.25) is 0 Å². The fourth-order valence-corrected chi connectivity index (χ4v) is 11.9. The second-order valence-electron chi connectivity index (χ2n) is 26.7. The number of non-ortho nitro benzene ring substituents is 1. The van der Waals surface area contributed by atoms with Crippen LogP contribution in [0.1, 0.15) is 113 Å². The third-order valence-corrected chi connectivity index (χ3v) is 17.2. The molecule has 1 amide bonds. The molecule has 106 heavy (non-hydrogen) atoms. The minimum absolute atomic E-state index is 0.0244. The van der Waals surface area contributed by atoms with Crippen LogP contribution in [0.15, 0.2) is 267 Å². The summed E-state index contributed by atoms with van der Waals surface area (Å²) in [6.07, 6.45) is -1.94. The normalized spacial score (nSPS) is 14.7. The van der Waals surface area contributed by atoms with E-state index in [0.717, 1.165) is 78.3 Å². The molecule has 2 aliphatic rings. The number of amides is 1. The summed E-state index contributed by atoms with van der Waals surface area (Å²) in [6, 6.07) is 85.0. The molecule has 17 nitrogen and oxygen atoms in total.